The number of hydrogen-bond acceptors (Lipinski definition) is 0. The van der Waals surface area contributed by atoms with E-state index in [1.54, 1.807) is 0 Å². The maximum Gasteiger partial charge on any atom is 0.0532 e. The Bertz CT molecular complexity index is 27.0. The largest absolute Gasteiger partial charge is 0.0777 e. The Morgan fingerprint density at radius 1 is 1.50 bits per heavy atom. The van der Waals surface area contributed by atoms with Gasteiger partial charge < -0.3 is 0 Å². The topological polar surface area (TPSA) is 0 Å². The van der Waals surface area contributed by atoms with Crippen molar-refractivity contribution in [2.75, 3.05) is 0 Å². The van der Waals surface area contributed by atoms with Crippen molar-refractivity contribution >= 4 is 31.9 Å². The molecule has 0 rings (SSSR count). The van der Waals surface area contributed by atoms with E-state index in [1.165, 1.54) is 0 Å². The fraction of sp³-hybridized carbons (Fsp3) is 0. The van der Waals surface area contributed by atoms with Crippen LogP contribution in [0.3, 0.4) is 0 Å². The summed E-state index contributed by atoms with van der Waals surface area (Å²) in [6, 6.07) is 0. The molecule has 0 aliphatic rings. The average Bonchev–Trinajstić information content (AvgIpc) is 0.811. The average molecular weight is 186 g/mol. The lowest BCUT2D eigenvalue weighted by atomic mass is 11.3. The quantitative estimate of drug-likeness (QED) is 0.544. The van der Waals surface area contributed by atoms with Crippen molar-refractivity contribution in [1.82, 2.24) is 0 Å². The van der Waals surface area contributed by atoms with E-state index < -0.39 is 0 Å². The van der Waals surface area contributed by atoms with Gasteiger partial charge >= 0.3 is 0 Å². The van der Waals surface area contributed by atoms with E-state index in [4.69, 9.17) is 0 Å². The van der Waals surface area contributed by atoms with Crippen molar-refractivity contribution in [3.8, 4) is 0 Å². The van der Waals surface area contributed by atoms with E-state index in [9.17, 15) is 0 Å². The third kappa shape index (κ3) is 15.9. The Balaban J connectivity index is 2.80. The van der Waals surface area contributed by atoms with E-state index in [0.717, 1.165) is 3.39 Å². The van der Waals surface area contributed by atoms with Gasteiger partial charge in [0.05, 0.1) is 3.39 Å². The van der Waals surface area contributed by atoms with Gasteiger partial charge in [0.15, 0.2) is 0 Å². The van der Waals surface area contributed by atoms with Crippen molar-refractivity contribution < 1.29 is 0 Å². The monoisotopic (exact) mass is 184 g/mol. The minimum absolute atomic E-state index is 0.792. The zero-order valence-corrected chi connectivity index (χ0v) is 5.14. The zero-order valence-electron chi connectivity index (χ0n) is 1.96. The predicted molar refractivity (Wildman–Crippen MR) is 27.0 cm³/mol. The molecule has 0 atom stereocenters. The van der Waals surface area contributed by atoms with E-state index in [-0.39, 0.29) is 0 Å². The first kappa shape index (κ1) is 4.70. The number of halogens is 2. The summed E-state index contributed by atoms with van der Waals surface area (Å²) in [5.74, 6) is 0. The molecule has 0 aliphatic heterocycles. The first-order valence-corrected chi connectivity index (χ1v) is 2.32. The van der Waals surface area contributed by atoms with E-state index >= 15 is 0 Å². The van der Waals surface area contributed by atoms with Gasteiger partial charge in [0.2, 0.25) is 0 Å². The summed E-state index contributed by atoms with van der Waals surface area (Å²) in [5, 5.41) is 0. The maximum atomic E-state index is 3.39. The SMILES string of the molecule is C=C(Br)Br. The molecule has 4 heavy (non-hydrogen) atoms. The molecule has 0 bridgehead atoms. The van der Waals surface area contributed by atoms with Gasteiger partial charge in [0.1, 0.15) is 0 Å². The second-order valence-electron chi connectivity index (χ2n) is 0.339. The van der Waals surface area contributed by atoms with Crippen molar-refractivity contribution in [1.29, 1.82) is 0 Å². The van der Waals surface area contributed by atoms with Crippen LogP contribution in [0.2, 0.25) is 0 Å². The second kappa shape index (κ2) is 1.97. The van der Waals surface area contributed by atoms with Crippen LogP contribution in [0.4, 0.5) is 0 Å². The van der Waals surface area contributed by atoms with Crippen LogP contribution >= 0.6 is 31.9 Å². The van der Waals surface area contributed by atoms with Crippen LogP contribution in [-0.4, -0.2) is 0 Å². The molecule has 0 aromatic heterocycles. The Hall–Kier alpha value is 0.700. The van der Waals surface area contributed by atoms with Gasteiger partial charge in [0, 0.05) is 0 Å². The molecule has 0 aromatic carbocycles. The van der Waals surface area contributed by atoms with E-state index in [0.29, 0.717) is 0 Å². The highest BCUT2D eigenvalue weighted by molar-refractivity contribution is 9.28. The van der Waals surface area contributed by atoms with E-state index in [1.807, 2.05) is 0 Å². The fourth-order valence-corrected chi connectivity index (χ4v) is 0. The predicted octanol–water partition coefficient (Wildman–Crippen LogP) is 2.25. The molecular weight excluding hydrogens is 184 g/mol. The van der Waals surface area contributed by atoms with Crippen LogP contribution < -0.4 is 0 Å². The molecule has 0 N–H and O–H groups in total. The molecule has 0 heterocycles. The lowest BCUT2D eigenvalue weighted by Crippen LogP contribution is -1.19. The smallest absolute Gasteiger partial charge is 0.0532 e. The third-order valence-corrected chi connectivity index (χ3v) is 0. The summed E-state index contributed by atoms with van der Waals surface area (Å²) in [7, 11) is 0. The summed E-state index contributed by atoms with van der Waals surface area (Å²) in [6.45, 7) is 3.39. The van der Waals surface area contributed by atoms with Crippen molar-refractivity contribution in [3.63, 3.8) is 0 Å². The number of hydrogen-bond donors (Lipinski definition) is 0. The highest BCUT2D eigenvalue weighted by Crippen LogP contribution is 2.06. The van der Waals surface area contributed by atoms with Crippen LogP contribution in [-0.2, 0) is 0 Å². The van der Waals surface area contributed by atoms with Gasteiger partial charge in [0.25, 0.3) is 0 Å². The maximum absolute atomic E-state index is 3.39. The molecule has 0 saturated carbocycles. The normalized spacial score (nSPS) is 6.50. The summed E-state index contributed by atoms with van der Waals surface area (Å²) in [6.07, 6.45) is 0. The first-order valence-electron chi connectivity index (χ1n) is 0.732. The first-order chi connectivity index (χ1) is 1.73. The molecule has 2 heteroatoms. The van der Waals surface area contributed by atoms with E-state index in [2.05, 4.69) is 38.4 Å². The van der Waals surface area contributed by atoms with Crippen molar-refractivity contribution in [3.05, 3.63) is 9.97 Å². The number of rotatable bonds is 0. The molecule has 0 saturated heterocycles. The summed E-state index contributed by atoms with van der Waals surface area (Å²) >= 11 is 5.99. The van der Waals surface area contributed by atoms with Gasteiger partial charge in [-0.2, -0.15) is 0 Å². The Morgan fingerprint density at radius 2 is 1.50 bits per heavy atom. The standard InChI is InChI=1S/C2H2Br2/c1-2(3)4/h1H2. The summed E-state index contributed by atoms with van der Waals surface area (Å²) in [5.41, 5.74) is 0. The molecule has 24 valence electrons. The van der Waals surface area contributed by atoms with Crippen LogP contribution in [0.25, 0.3) is 0 Å². The van der Waals surface area contributed by atoms with Gasteiger partial charge in [-0.25, -0.2) is 0 Å². The zero-order chi connectivity index (χ0) is 3.58. The molecule has 0 radical (unpaired) electrons. The molecule has 0 unspecified atom stereocenters. The molecule has 0 spiro atoms. The van der Waals surface area contributed by atoms with Gasteiger partial charge in [-0.15, -0.1) is 0 Å². The second-order valence-corrected chi connectivity index (χ2v) is 3.32. The van der Waals surface area contributed by atoms with Gasteiger partial charge in [-0.3, -0.25) is 0 Å². The Morgan fingerprint density at radius 3 is 1.50 bits per heavy atom. The van der Waals surface area contributed by atoms with Crippen LogP contribution in [0, 0.1) is 0 Å². The highest BCUT2D eigenvalue weighted by Gasteiger charge is 1.58. The minimum Gasteiger partial charge on any atom is -0.0777 e. The lowest BCUT2D eigenvalue weighted by Gasteiger charge is -1.58. The van der Waals surface area contributed by atoms with Crippen LogP contribution in [0.5, 0.6) is 0 Å². The van der Waals surface area contributed by atoms with Crippen molar-refractivity contribution in [2.24, 2.45) is 0 Å². The minimum atomic E-state index is 0.792. The highest BCUT2D eigenvalue weighted by atomic mass is 79.9. The molecule has 0 aliphatic carbocycles. The lowest BCUT2D eigenvalue weighted by molar-refractivity contribution is 2.63. The van der Waals surface area contributed by atoms with Gasteiger partial charge in [-0.05, 0) is 31.9 Å². The Labute approximate surface area is 42.1 Å². The molecule has 0 fully saturated rings. The third-order valence-electron chi connectivity index (χ3n) is 0. The molecule has 0 amide bonds. The molecular formula is C2H2Br2. The molecule has 0 aromatic rings. The van der Waals surface area contributed by atoms with Crippen molar-refractivity contribution in [2.45, 2.75) is 0 Å². The fourth-order valence-electron chi connectivity index (χ4n) is 0. The summed E-state index contributed by atoms with van der Waals surface area (Å²) in [4.78, 5) is 0. The van der Waals surface area contributed by atoms with Gasteiger partial charge in [-0.1, -0.05) is 6.58 Å². The molecule has 0 nitrogen and oxygen atoms in total. The summed E-state index contributed by atoms with van der Waals surface area (Å²) < 4.78 is 0.792. The van der Waals surface area contributed by atoms with Crippen LogP contribution in [0.15, 0.2) is 9.97 Å². The Kier molecular flexibility index (Phi) is 2.32. The van der Waals surface area contributed by atoms with Crippen LogP contribution in [0.1, 0.15) is 0 Å².